The Labute approximate surface area is 171 Å². The van der Waals surface area contributed by atoms with Crippen LogP contribution in [0.1, 0.15) is 11.4 Å². The zero-order valence-electron chi connectivity index (χ0n) is 16.0. The summed E-state index contributed by atoms with van der Waals surface area (Å²) in [6, 6.07) is 10.8. The molecule has 0 saturated carbocycles. The fourth-order valence-corrected chi connectivity index (χ4v) is 3.58. The molecule has 0 aliphatic rings. The van der Waals surface area contributed by atoms with Crippen molar-refractivity contribution in [1.82, 2.24) is 20.1 Å². The van der Waals surface area contributed by atoms with Crippen molar-refractivity contribution in [3.8, 4) is 11.4 Å². The van der Waals surface area contributed by atoms with E-state index in [-0.39, 0.29) is 18.2 Å². The van der Waals surface area contributed by atoms with Gasteiger partial charge >= 0.3 is 0 Å². The number of nitrogens with zero attached hydrogens (tertiary/aromatic N) is 3. The number of nitrogens with one attached hydrogen (secondary N) is 1. The standard InChI is InChI=1S/C20H20F2N4O2S/c1-13-24-25-20(26(13)17-3-5-18(28-2)6-4-17)29-12-19(27)23-8-7-14-9-15(21)11-16(22)10-14/h3-6,9-11H,7-8,12H2,1-2H3,(H,23,27). The quantitative estimate of drug-likeness (QED) is 0.569. The number of rotatable bonds is 8. The number of hydrogen-bond donors (Lipinski definition) is 1. The third kappa shape index (κ3) is 5.54. The summed E-state index contributed by atoms with van der Waals surface area (Å²) < 4.78 is 33.4. The highest BCUT2D eigenvalue weighted by molar-refractivity contribution is 7.99. The third-order valence-corrected chi connectivity index (χ3v) is 5.05. The first-order valence-electron chi connectivity index (χ1n) is 8.87. The van der Waals surface area contributed by atoms with Gasteiger partial charge in [0.15, 0.2) is 5.16 Å². The van der Waals surface area contributed by atoms with Crippen molar-refractivity contribution in [2.24, 2.45) is 0 Å². The molecule has 6 nitrogen and oxygen atoms in total. The molecule has 9 heteroatoms. The lowest BCUT2D eigenvalue weighted by Crippen LogP contribution is -2.27. The van der Waals surface area contributed by atoms with Gasteiger partial charge in [-0.25, -0.2) is 8.78 Å². The summed E-state index contributed by atoms with van der Waals surface area (Å²) in [4.78, 5) is 12.1. The second-order valence-electron chi connectivity index (χ2n) is 6.23. The van der Waals surface area contributed by atoms with E-state index in [1.54, 1.807) is 7.11 Å². The third-order valence-electron chi connectivity index (χ3n) is 4.12. The average molecular weight is 418 g/mol. The van der Waals surface area contributed by atoms with Crippen LogP contribution in [0.2, 0.25) is 0 Å². The molecule has 0 spiro atoms. The van der Waals surface area contributed by atoms with Crippen molar-refractivity contribution in [3.63, 3.8) is 0 Å². The first-order valence-corrected chi connectivity index (χ1v) is 9.85. The van der Waals surface area contributed by atoms with Crippen LogP contribution in [-0.4, -0.2) is 40.1 Å². The van der Waals surface area contributed by atoms with E-state index in [9.17, 15) is 13.6 Å². The van der Waals surface area contributed by atoms with Gasteiger partial charge in [0.05, 0.1) is 12.9 Å². The molecule has 3 rings (SSSR count). The van der Waals surface area contributed by atoms with Gasteiger partial charge in [-0.1, -0.05) is 11.8 Å². The normalized spacial score (nSPS) is 10.8. The number of benzene rings is 2. The highest BCUT2D eigenvalue weighted by Gasteiger charge is 2.13. The van der Waals surface area contributed by atoms with Gasteiger partial charge in [0, 0.05) is 18.3 Å². The van der Waals surface area contributed by atoms with Gasteiger partial charge in [-0.2, -0.15) is 0 Å². The maximum atomic E-state index is 13.2. The molecular weight excluding hydrogens is 398 g/mol. The molecule has 29 heavy (non-hydrogen) atoms. The molecule has 0 fully saturated rings. The molecule has 0 radical (unpaired) electrons. The minimum atomic E-state index is -0.630. The Kier molecular flexibility index (Phi) is 6.82. The fourth-order valence-electron chi connectivity index (χ4n) is 2.75. The summed E-state index contributed by atoms with van der Waals surface area (Å²) in [7, 11) is 1.60. The van der Waals surface area contributed by atoms with Crippen LogP contribution in [0.5, 0.6) is 5.75 Å². The maximum Gasteiger partial charge on any atom is 0.230 e. The van der Waals surface area contributed by atoms with Crippen LogP contribution >= 0.6 is 11.8 Å². The molecule has 0 aliphatic carbocycles. The van der Waals surface area contributed by atoms with Crippen molar-refractivity contribution in [2.75, 3.05) is 19.4 Å². The molecule has 1 aromatic heterocycles. The molecular formula is C20H20F2N4O2S. The van der Waals surface area contributed by atoms with Crippen molar-refractivity contribution in [2.45, 2.75) is 18.5 Å². The van der Waals surface area contributed by atoms with E-state index in [0.29, 0.717) is 23.0 Å². The van der Waals surface area contributed by atoms with Crippen LogP contribution < -0.4 is 10.1 Å². The van der Waals surface area contributed by atoms with E-state index in [2.05, 4.69) is 15.5 Å². The largest absolute Gasteiger partial charge is 0.497 e. The Morgan fingerprint density at radius 1 is 1.14 bits per heavy atom. The molecule has 1 amide bonds. The molecule has 0 saturated heterocycles. The number of carbonyl (C=O) groups is 1. The average Bonchev–Trinajstić information content (AvgIpc) is 3.06. The predicted octanol–water partition coefficient (Wildman–Crippen LogP) is 3.31. The Hall–Kier alpha value is -2.94. The van der Waals surface area contributed by atoms with Gasteiger partial charge in [0.1, 0.15) is 23.2 Å². The van der Waals surface area contributed by atoms with Crippen LogP contribution in [-0.2, 0) is 11.2 Å². The van der Waals surface area contributed by atoms with Gasteiger partial charge in [0.25, 0.3) is 0 Å². The zero-order valence-corrected chi connectivity index (χ0v) is 16.8. The summed E-state index contributed by atoms with van der Waals surface area (Å²) in [5.74, 6) is 0.128. The van der Waals surface area contributed by atoms with Crippen molar-refractivity contribution < 1.29 is 18.3 Å². The van der Waals surface area contributed by atoms with Gasteiger partial charge in [-0.3, -0.25) is 9.36 Å². The van der Waals surface area contributed by atoms with Gasteiger partial charge in [-0.15, -0.1) is 10.2 Å². The number of halogens is 2. The van der Waals surface area contributed by atoms with Crippen LogP contribution in [0.3, 0.4) is 0 Å². The highest BCUT2D eigenvalue weighted by Crippen LogP contribution is 2.23. The van der Waals surface area contributed by atoms with Crippen LogP contribution in [0.15, 0.2) is 47.6 Å². The van der Waals surface area contributed by atoms with Gasteiger partial charge in [-0.05, 0) is 55.3 Å². The van der Waals surface area contributed by atoms with Crippen LogP contribution in [0.25, 0.3) is 5.69 Å². The number of hydrogen-bond acceptors (Lipinski definition) is 5. The van der Waals surface area contributed by atoms with Gasteiger partial charge in [0.2, 0.25) is 5.91 Å². The summed E-state index contributed by atoms with van der Waals surface area (Å²) in [6.07, 6.45) is 0.340. The van der Waals surface area contributed by atoms with Crippen molar-refractivity contribution >= 4 is 17.7 Å². The number of aromatic nitrogens is 3. The summed E-state index contributed by atoms with van der Waals surface area (Å²) >= 11 is 1.26. The maximum absolute atomic E-state index is 13.2. The molecule has 0 unspecified atom stereocenters. The molecule has 1 heterocycles. The number of methoxy groups -OCH3 is 1. The summed E-state index contributed by atoms with van der Waals surface area (Å²) in [5, 5.41) is 11.6. The van der Waals surface area contributed by atoms with Gasteiger partial charge < -0.3 is 10.1 Å². The summed E-state index contributed by atoms with van der Waals surface area (Å²) in [5.41, 5.74) is 1.36. The molecule has 0 atom stereocenters. The Morgan fingerprint density at radius 2 is 1.83 bits per heavy atom. The fraction of sp³-hybridized carbons (Fsp3) is 0.250. The Morgan fingerprint density at radius 3 is 2.48 bits per heavy atom. The molecule has 3 aromatic rings. The monoisotopic (exact) mass is 418 g/mol. The van der Waals surface area contributed by atoms with Crippen LogP contribution in [0, 0.1) is 18.6 Å². The number of aryl methyl sites for hydroxylation is 1. The zero-order chi connectivity index (χ0) is 20.8. The molecule has 2 aromatic carbocycles. The lowest BCUT2D eigenvalue weighted by Gasteiger charge is -2.09. The molecule has 1 N–H and O–H groups in total. The van der Waals surface area contributed by atoms with E-state index in [4.69, 9.17) is 4.74 Å². The predicted molar refractivity (Wildman–Crippen MR) is 106 cm³/mol. The van der Waals surface area contributed by atoms with E-state index in [0.717, 1.165) is 17.5 Å². The highest BCUT2D eigenvalue weighted by atomic mass is 32.2. The first-order chi connectivity index (χ1) is 14.0. The second kappa shape index (κ2) is 9.51. The number of thioether (sulfide) groups is 1. The minimum Gasteiger partial charge on any atom is -0.497 e. The minimum absolute atomic E-state index is 0.145. The van der Waals surface area contributed by atoms with E-state index >= 15 is 0 Å². The summed E-state index contributed by atoms with van der Waals surface area (Å²) in [6.45, 7) is 2.12. The Bertz CT molecular complexity index is 972. The SMILES string of the molecule is COc1ccc(-n2c(C)nnc2SCC(=O)NCCc2cc(F)cc(F)c2)cc1. The van der Waals surface area contributed by atoms with E-state index < -0.39 is 11.6 Å². The Balaban J connectivity index is 1.55. The smallest absolute Gasteiger partial charge is 0.230 e. The number of amides is 1. The molecule has 0 aliphatic heterocycles. The number of carbonyl (C=O) groups excluding carboxylic acids is 1. The van der Waals surface area contributed by atoms with Crippen molar-refractivity contribution in [1.29, 1.82) is 0 Å². The van der Waals surface area contributed by atoms with Crippen molar-refractivity contribution in [3.05, 3.63) is 65.5 Å². The molecule has 152 valence electrons. The van der Waals surface area contributed by atoms with Crippen LogP contribution in [0.4, 0.5) is 8.78 Å². The first kappa shape index (κ1) is 20.8. The van der Waals surface area contributed by atoms with E-state index in [1.807, 2.05) is 35.8 Å². The second-order valence-corrected chi connectivity index (χ2v) is 7.17. The lowest BCUT2D eigenvalue weighted by molar-refractivity contribution is -0.118. The topological polar surface area (TPSA) is 69.0 Å². The number of ether oxygens (including phenoxy) is 1. The molecule has 0 bridgehead atoms. The lowest BCUT2D eigenvalue weighted by atomic mass is 10.1. The van der Waals surface area contributed by atoms with E-state index in [1.165, 1.54) is 23.9 Å².